The van der Waals surface area contributed by atoms with E-state index in [2.05, 4.69) is 0 Å². The van der Waals surface area contributed by atoms with Crippen LogP contribution in [0.2, 0.25) is 0 Å². The third kappa shape index (κ3) is 3.78. The first-order valence-corrected chi connectivity index (χ1v) is 9.88. The molecule has 0 N–H and O–H groups in total. The van der Waals surface area contributed by atoms with Crippen molar-refractivity contribution in [2.75, 3.05) is 27.3 Å². The molecule has 2 aliphatic heterocycles. The number of hydrogen-bond acceptors (Lipinski definition) is 7. The van der Waals surface area contributed by atoms with Crippen LogP contribution in [0.1, 0.15) is 40.0 Å². The van der Waals surface area contributed by atoms with Crippen molar-refractivity contribution < 1.29 is 28.7 Å². The predicted molar refractivity (Wildman–Crippen MR) is 110 cm³/mol. The SMILES string of the molecule is COc1cc(OC)c2c(c1)OC1(CCN(C(=O)c3ccc([N+](=O)[O-])cc3)CC1)CC2=O. The van der Waals surface area contributed by atoms with E-state index in [0.717, 1.165) is 0 Å². The number of nitrogens with zero attached hydrogens (tertiary/aromatic N) is 2. The van der Waals surface area contributed by atoms with Crippen molar-refractivity contribution in [3.05, 3.63) is 57.6 Å². The topological polar surface area (TPSA) is 108 Å². The second-order valence-corrected chi connectivity index (χ2v) is 7.68. The number of methoxy groups -OCH3 is 2. The van der Waals surface area contributed by atoms with Gasteiger partial charge in [0.2, 0.25) is 0 Å². The summed E-state index contributed by atoms with van der Waals surface area (Å²) in [6, 6.07) is 8.90. The Labute approximate surface area is 178 Å². The smallest absolute Gasteiger partial charge is 0.269 e. The molecular weight excluding hydrogens is 404 g/mol. The summed E-state index contributed by atoms with van der Waals surface area (Å²) in [5, 5.41) is 10.8. The third-order valence-corrected chi connectivity index (χ3v) is 5.87. The zero-order valence-corrected chi connectivity index (χ0v) is 17.3. The monoisotopic (exact) mass is 426 g/mol. The Morgan fingerprint density at radius 3 is 2.39 bits per heavy atom. The summed E-state index contributed by atoms with van der Waals surface area (Å²) < 4.78 is 16.9. The quantitative estimate of drug-likeness (QED) is 0.545. The zero-order chi connectivity index (χ0) is 22.2. The first kappa shape index (κ1) is 20.6. The van der Waals surface area contributed by atoms with Crippen molar-refractivity contribution in [3.8, 4) is 17.2 Å². The molecule has 0 aliphatic carbocycles. The number of amides is 1. The van der Waals surface area contributed by atoms with Crippen molar-refractivity contribution in [3.63, 3.8) is 0 Å². The Bertz CT molecular complexity index is 1040. The Morgan fingerprint density at radius 1 is 1.13 bits per heavy atom. The molecule has 1 amide bonds. The maximum atomic E-state index is 12.9. The number of benzene rings is 2. The second kappa shape index (κ2) is 7.90. The number of ketones is 1. The van der Waals surface area contributed by atoms with Crippen molar-refractivity contribution >= 4 is 17.4 Å². The lowest BCUT2D eigenvalue weighted by Crippen LogP contribution is -2.52. The molecule has 2 aliphatic rings. The molecule has 1 spiro atoms. The minimum absolute atomic E-state index is 0.0594. The van der Waals surface area contributed by atoms with Crippen LogP contribution in [0.5, 0.6) is 17.2 Å². The van der Waals surface area contributed by atoms with Gasteiger partial charge in [0, 0.05) is 55.8 Å². The predicted octanol–water partition coefficient (Wildman–Crippen LogP) is 3.25. The largest absolute Gasteiger partial charge is 0.496 e. The summed E-state index contributed by atoms with van der Waals surface area (Å²) in [5.41, 5.74) is 0.0568. The maximum absolute atomic E-state index is 12.9. The molecule has 2 aromatic carbocycles. The van der Waals surface area contributed by atoms with E-state index in [1.807, 2.05) is 0 Å². The van der Waals surface area contributed by atoms with Crippen LogP contribution in [0.3, 0.4) is 0 Å². The van der Waals surface area contributed by atoms with Gasteiger partial charge in [0.15, 0.2) is 5.78 Å². The average Bonchev–Trinajstić information content (AvgIpc) is 2.78. The summed E-state index contributed by atoms with van der Waals surface area (Å²) in [6.45, 7) is 0.832. The maximum Gasteiger partial charge on any atom is 0.269 e. The van der Waals surface area contributed by atoms with Gasteiger partial charge in [0.1, 0.15) is 28.4 Å². The average molecular weight is 426 g/mol. The van der Waals surface area contributed by atoms with E-state index in [4.69, 9.17) is 14.2 Å². The van der Waals surface area contributed by atoms with Gasteiger partial charge in [-0.25, -0.2) is 0 Å². The molecule has 0 aromatic heterocycles. The molecular formula is C22H22N2O7. The van der Waals surface area contributed by atoms with E-state index >= 15 is 0 Å². The summed E-state index contributed by atoms with van der Waals surface area (Å²) in [5.74, 6) is 1.13. The van der Waals surface area contributed by atoms with Crippen molar-refractivity contribution in [2.45, 2.75) is 24.9 Å². The van der Waals surface area contributed by atoms with Crippen molar-refractivity contribution in [1.82, 2.24) is 4.90 Å². The molecule has 9 heteroatoms. The van der Waals surface area contributed by atoms with E-state index in [1.165, 1.54) is 38.5 Å². The number of piperidine rings is 1. The van der Waals surface area contributed by atoms with Crippen LogP contribution in [0.15, 0.2) is 36.4 Å². The lowest BCUT2D eigenvalue weighted by Gasteiger charge is -2.44. The van der Waals surface area contributed by atoms with Crippen LogP contribution in [0, 0.1) is 10.1 Å². The number of nitro benzene ring substituents is 1. The molecule has 0 radical (unpaired) electrons. The van der Waals surface area contributed by atoms with Gasteiger partial charge in [0.25, 0.3) is 11.6 Å². The minimum atomic E-state index is -0.687. The van der Waals surface area contributed by atoms with Crippen LogP contribution in [-0.4, -0.2) is 54.4 Å². The fourth-order valence-electron chi connectivity index (χ4n) is 4.15. The number of carbonyl (C=O) groups is 2. The van der Waals surface area contributed by atoms with Gasteiger partial charge in [-0.05, 0) is 12.1 Å². The highest BCUT2D eigenvalue weighted by Crippen LogP contribution is 2.44. The number of hydrogen-bond donors (Lipinski definition) is 0. The van der Waals surface area contributed by atoms with E-state index < -0.39 is 10.5 Å². The first-order valence-electron chi connectivity index (χ1n) is 9.88. The Hall–Kier alpha value is -3.62. The Kier molecular flexibility index (Phi) is 5.26. The number of carbonyl (C=O) groups excluding carboxylic acids is 2. The molecule has 1 saturated heterocycles. The molecule has 9 nitrogen and oxygen atoms in total. The van der Waals surface area contributed by atoms with E-state index in [-0.39, 0.29) is 23.8 Å². The number of Topliss-reactive ketones (excluding diaryl/α,β-unsaturated/α-hetero) is 1. The van der Waals surface area contributed by atoms with Crippen LogP contribution in [-0.2, 0) is 0 Å². The number of rotatable bonds is 4. The van der Waals surface area contributed by atoms with Crippen LogP contribution >= 0.6 is 0 Å². The normalized spacial score (nSPS) is 17.0. The lowest BCUT2D eigenvalue weighted by atomic mass is 9.82. The number of ether oxygens (including phenoxy) is 3. The number of nitro groups is 1. The van der Waals surface area contributed by atoms with Gasteiger partial charge < -0.3 is 19.1 Å². The van der Waals surface area contributed by atoms with Crippen molar-refractivity contribution in [1.29, 1.82) is 0 Å². The molecule has 2 aromatic rings. The highest BCUT2D eigenvalue weighted by atomic mass is 16.6. The van der Waals surface area contributed by atoms with Gasteiger partial charge >= 0.3 is 0 Å². The molecule has 162 valence electrons. The van der Waals surface area contributed by atoms with Gasteiger partial charge in [-0.1, -0.05) is 0 Å². The Morgan fingerprint density at radius 2 is 1.81 bits per heavy atom. The molecule has 2 heterocycles. The highest BCUT2D eigenvalue weighted by Gasteiger charge is 2.45. The van der Waals surface area contributed by atoms with Gasteiger partial charge in [-0.2, -0.15) is 0 Å². The molecule has 1 fully saturated rings. The zero-order valence-electron chi connectivity index (χ0n) is 17.3. The van der Waals surface area contributed by atoms with E-state index in [1.54, 1.807) is 17.0 Å². The van der Waals surface area contributed by atoms with Gasteiger partial charge in [-0.15, -0.1) is 0 Å². The molecule has 4 rings (SSSR count). The summed E-state index contributed by atoms with van der Waals surface area (Å²) >= 11 is 0. The molecule has 0 saturated carbocycles. The molecule has 0 unspecified atom stereocenters. The number of likely N-dealkylation sites (tertiary alicyclic amines) is 1. The van der Waals surface area contributed by atoms with Crippen molar-refractivity contribution in [2.24, 2.45) is 0 Å². The molecule has 0 bridgehead atoms. The highest BCUT2D eigenvalue weighted by molar-refractivity contribution is 6.03. The van der Waals surface area contributed by atoms with Crippen LogP contribution in [0.25, 0.3) is 0 Å². The summed E-state index contributed by atoms with van der Waals surface area (Å²) in [4.78, 5) is 37.7. The standard InChI is InChI=1S/C22H22N2O7/c1-29-16-11-18(30-2)20-17(25)13-22(31-19(20)12-16)7-9-23(10-8-22)21(26)14-3-5-15(6-4-14)24(27)28/h3-6,11-12H,7-10,13H2,1-2H3. The number of fused-ring (bicyclic) bond motifs is 1. The van der Waals surface area contributed by atoms with E-state index in [0.29, 0.717) is 54.3 Å². The number of non-ortho nitro benzene ring substituents is 1. The summed E-state index contributed by atoms with van der Waals surface area (Å²) in [6.07, 6.45) is 1.20. The third-order valence-electron chi connectivity index (χ3n) is 5.87. The Balaban J connectivity index is 1.50. The fraction of sp³-hybridized carbons (Fsp3) is 0.364. The molecule has 0 atom stereocenters. The minimum Gasteiger partial charge on any atom is -0.496 e. The molecule has 31 heavy (non-hydrogen) atoms. The first-order chi connectivity index (χ1) is 14.9. The van der Waals surface area contributed by atoms with Crippen LogP contribution in [0.4, 0.5) is 5.69 Å². The fourth-order valence-corrected chi connectivity index (χ4v) is 4.15. The van der Waals surface area contributed by atoms with Crippen LogP contribution < -0.4 is 14.2 Å². The lowest BCUT2D eigenvalue weighted by molar-refractivity contribution is -0.384. The summed E-state index contributed by atoms with van der Waals surface area (Å²) in [7, 11) is 3.03. The second-order valence-electron chi connectivity index (χ2n) is 7.68. The van der Waals surface area contributed by atoms with Gasteiger partial charge in [0.05, 0.1) is 25.6 Å². The van der Waals surface area contributed by atoms with E-state index in [9.17, 15) is 19.7 Å². The van der Waals surface area contributed by atoms with Gasteiger partial charge in [-0.3, -0.25) is 19.7 Å².